The van der Waals surface area contributed by atoms with Gasteiger partial charge < -0.3 is 10.2 Å². The number of carbonyl (C=O) groups is 1. The number of aryl methyl sites for hydroxylation is 1. The number of rotatable bonds is 4. The normalized spacial score (nSPS) is 12.7. The molecule has 3 aromatic rings. The first kappa shape index (κ1) is 16.3. The third-order valence-electron chi connectivity index (χ3n) is 4.71. The minimum absolute atomic E-state index is 0.153. The Bertz CT molecular complexity index is 934. The number of nitrogens with zero attached hydrogens (tertiary/aromatic N) is 2. The Hall–Kier alpha value is -3.14. The fourth-order valence-corrected chi connectivity index (χ4v) is 3.38. The van der Waals surface area contributed by atoms with Crippen LogP contribution in [0.5, 0.6) is 0 Å². The van der Waals surface area contributed by atoms with E-state index in [1.54, 1.807) is 12.3 Å². The fourth-order valence-electron chi connectivity index (χ4n) is 3.38. The number of anilines is 2. The molecule has 26 heavy (non-hydrogen) atoms. The number of benzene rings is 2. The van der Waals surface area contributed by atoms with Crippen molar-refractivity contribution in [2.24, 2.45) is 0 Å². The van der Waals surface area contributed by atoms with Crippen LogP contribution in [0.25, 0.3) is 0 Å². The summed E-state index contributed by atoms with van der Waals surface area (Å²) < 4.78 is 0. The average Bonchev–Trinajstić information content (AvgIpc) is 3.10. The van der Waals surface area contributed by atoms with Gasteiger partial charge in [0.2, 0.25) is 0 Å². The number of amides is 1. The molecule has 1 N–H and O–H groups in total. The number of fused-ring (bicyclic) bond motifs is 1. The van der Waals surface area contributed by atoms with Gasteiger partial charge >= 0.3 is 0 Å². The Morgan fingerprint density at radius 2 is 2.00 bits per heavy atom. The topological polar surface area (TPSA) is 45.2 Å². The summed E-state index contributed by atoms with van der Waals surface area (Å²) in [5, 5.41) is 2.93. The number of pyridine rings is 1. The zero-order valence-electron chi connectivity index (χ0n) is 14.8. The highest BCUT2D eigenvalue weighted by Gasteiger charge is 2.20. The lowest BCUT2D eigenvalue weighted by Gasteiger charge is -2.19. The maximum absolute atomic E-state index is 12.3. The number of hydrogen-bond donors (Lipinski definition) is 1. The summed E-state index contributed by atoms with van der Waals surface area (Å²) in [5.41, 5.74) is 6.31. The molecule has 0 spiro atoms. The molecule has 0 atom stereocenters. The number of para-hydroxylation sites is 1. The Labute approximate surface area is 153 Å². The first-order valence-corrected chi connectivity index (χ1v) is 8.86. The van der Waals surface area contributed by atoms with E-state index in [1.165, 1.54) is 16.8 Å². The molecule has 2 heterocycles. The predicted octanol–water partition coefficient (Wildman–Crippen LogP) is 4.01. The molecule has 0 radical (unpaired) electrons. The highest BCUT2D eigenvalue weighted by Crippen LogP contribution is 2.33. The largest absolute Gasteiger partial charge is 0.347 e. The third-order valence-corrected chi connectivity index (χ3v) is 4.71. The van der Waals surface area contributed by atoms with Crippen molar-refractivity contribution >= 4 is 17.3 Å². The Morgan fingerprint density at radius 3 is 2.81 bits per heavy atom. The summed E-state index contributed by atoms with van der Waals surface area (Å²) in [6, 6.07) is 20.3. The SMILES string of the molecule is Cc1cccc(CNC(=O)c2ccc(N3CCc4ccccc43)cn2)c1. The molecule has 0 saturated carbocycles. The maximum Gasteiger partial charge on any atom is 0.270 e. The molecule has 4 nitrogen and oxygen atoms in total. The smallest absolute Gasteiger partial charge is 0.270 e. The molecule has 1 aliphatic heterocycles. The van der Waals surface area contributed by atoms with Crippen molar-refractivity contribution in [2.75, 3.05) is 11.4 Å². The van der Waals surface area contributed by atoms with Gasteiger partial charge in [-0.25, -0.2) is 4.98 Å². The Balaban J connectivity index is 1.44. The van der Waals surface area contributed by atoms with Crippen LogP contribution in [-0.4, -0.2) is 17.4 Å². The second-order valence-corrected chi connectivity index (χ2v) is 6.60. The van der Waals surface area contributed by atoms with E-state index in [0.29, 0.717) is 12.2 Å². The van der Waals surface area contributed by atoms with Crippen molar-refractivity contribution in [1.82, 2.24) is 10.3 Å². The molecule has 2 aromatic carbocycles. The molecule has 4 heteroatoms. The highest BCUT2D eigenvalue weighted by atomic mass is 16.1. The third kappa shape index (κ3) is 3.31. The van der Waals surface area contributed by atoms with Crippen LogP contribution in [0.1, 0.15) is 27.2 Å². The Kier molecular flexibility index (Phi) is 4.40. The van der Waals surface area contributed by atoms with E-state index >= 15 is 0 Å². The lowest BCUT2D eigenvalue weighted by Crippen LogP contribution is -2.24. The molecular formula is C22H21N3O. The van der Waals surface area contributed by atoms with Gasteiger partial charge in [-0.05, 0) is 42.7 Å². The van der Waals surface area contributed by atoms with E-state index in [4.69, 9.17) is 0 Å². The number of hydrogen-bond acceptors (Lipinski definition) is 3. The fraction of sp³-hybridized carbons (Fsp3) is 0.182. The summed E-state index contributed by atoms with van der Waals surface area (Å²) in [4.78, 5) is 19.0. The van der Waals surface area contributed by atoms with Crippen molar-refractivity contribution in [1.29, 1.82) is 0 Å². The minimum Gasteiger partial charge on any atom is -0.347 e. The summed E-state index contributed by atoms with van der Waals surface area (Å²) in [7, 11) is 0. The van der Waals surface area contributed by atoms with Gasteiger partial charge in [0.25, 0.3) is 5.91 Å². The molecule has 130 valence electrons. The van der Waals surface area contributed by atoms with Crippen LogP contribution in [0.2, 0.25) is 0 Å². The van der Waals surface area contributed by atoms with Crippen LogP contribution in [-0.2, 0) is 13.0 Å². The molecular weight excluding hydrogens is 322 g/mol. The van der Waals surface area contributed by atoms with Crippen LogP contribution in [0.3, 0.4) is 0 Å². The summed E-state index contributed by atoms with van der Waals surface area (Å²) in [5.74, 6) is -0.153. The van der Waals surface area contributed by atoms with Gasteiger partial charge in [-0.3, -0.25) is 4.79 Å². The van der Waals surface area contributed by atoms with Crippen molar-refractivity contribution in [3.8, 4) is 0 Å². The van der Waals surface area contributed by atoms with Gasteiger partial charge in [-0.15, -0.1) is 0 Å². The van der Waals surface area contributed by atoms with E-state index in [2.05, 4.69) is 45.5 Å². The van der Waals surface area contributed by atoms with E-state index in [-0.39, 0.29) is 5.91 Å². The standard InChI is InChI=1S/C22H21N3O/c1-16-5-4-6-17(13-16)14-24-22(26)20-10-9-19(15-23-20)25-12-11-18-7-2-3-8-21(18)25/h2-10,13,15H,11-12,14H2,1H3,(H,24,26). The first-order valence-electron chi connectivity index (χ1n) is 8.86. The van der Waals surface area contributed by atoms with E-state index < -0.39 is 0 Å². The van der Waals surface area contributed by atoms with Crippen LogP contribution in [0, 0.1) is 6.92 Å². The molecule has 0 saturated heterocycles. The second-order valence-electron chi connectivity index (χ2n) is 6.60. The molecule has 0 aliphatic carbocycles. The van der Waals surface area contributed by atoms with Crippen molar-refractivity contribution in [3.63, 3.8) is 0 Å². The molecule has 0 unspecified atom stereocenters. The maximum atomic E-state index is 12.3. The van der Waals surface area contributed by atoms with Gasteiger partial charge in [0.15, 0.2) is 0 Å². The summed E-state index contributed by atoms with van der Waals surface area (Å²) >= 11 is 0. The number of aromatic nitrogens is 1. The average molecular weight is 343 g/mol. The van der Waals surface area contributed by atoms with Crippen LogP contribution >= 0.6 is 0 Å². The zero-order chi connectivity index (χ0) is 17.9. The molecule has 0 bridgehead atoms. The molecule has 1 aliphatic rings. The number of carbonyl (C=O) groups excluding carboxylic acids is 1. The van der Waals surface area contributed by atoms with Gasteiger partial charge in [-0.1, -0.05) is 48.0 Å². The van der Waals surface area contributed by atoms with Gasteiger partial charge in [-0.2, -0.15) is 0 Å². The number of nitrogens with one attached hydrogen (secondary N) is 1. The summed E-state index contributed by atoms with van der Waals surface area (Å²) in [6.07, 6.45) is 2.82. The first-order chi connectivity index (χ1) is 12.7. The van der Waals surface area contributed by atoms with Crippen LogP contribution in [0.15, 0.2) is 66.9 Å². The van der Waals surface area contributed by atoms with Crippen molar-refractivity contribution < 1.29 is 4.79 Å². The quantitative estimate of drug-likeness (QED) is 0.778. The minimum atomic E-state index is -0.153. The van der Waals surface area contributed by atoms with Gasteiger partial charge in [0.05, 0.1) is 11.9 Å². The van der Waals surface area contributed by atoms with Crippen LogP contribution < -0.4 is 10.2 Å². The molecule has 0 fully saturated rings. The summed E-state index contributed by atoms with van der Waals surface area (Å²) in [6.45, 7) is 3.49. The molecule has 1 amide bonds. The lowest BCUT2D eigenvalue weighted by molar-refractivity contribution is 0.0946. The van der Waals surface area contributed by atoms with E-state index in [1.807, 2.05) is 31.2 Å². The van der Waals surface area contributed by atoms with E-state index in [9.17, 15) is 4.79 Å². The van der Waals surface area contributed by atoms with E-state index in [0.717, 1.165) is 24.2 Å². The molecule has 1 aromatic heterocycles. The Morgan fingerprint density at radius 1 is 1.12 bits per heavy atom. The van der Waals surface area contributed by atoms with Gasteiger partial charge in [0, 0.05) is 18.8 Å². The zero-order valence-corrected chi connectivity index (χ0v) is 14.8. The van der Waals surface area contributed by atoms with Crippen molar-refractivity contribution in [2.45, 2.75) is 19.9 Å². The highest BCUT2D eigenvalue weighted by molar-refractivity contribution is 5.92. The second kappa shape index (κ2) is 7.00. The lowest BCUT2D eigenvalue weighted by atomic mass is 10.1. The molecule has 4 rings (SSSR count). The predicted molar refractivity (Wildman–Crippen MR) is 104 cm³/mol. The monoisotopic (exact) mass is 343 g/mol. The van der Waals surface area contributed by atoms with Gasteiger partial charge in [0.1, 0.15) is 5.69 Å². The van der Waals surface area contributed by atoms with Crippen LogP contribution in [0.4, 0.5) is 11.4 Å². The van der Waals surface area contributed by atoms with Crippen molar-refractivity contribution in [3.05, 3.63) is 89.2 Å².